The van der Waals surface area contributed by atoms with Crippen molar-refractivity contribution in [2.75, 3.05) is 0 Å². The molecule has 0 radical (unpaired) electrons. The van der Waals surface area contributed by atoms with Crippen LogP contribution < -0.4 is 11.3 Å². The van der Waals surface area contributed by atoms with Gasteiger partial charge < -0.3 is 10.3 Å². The van der Waals surface area contributed by atoms with Crippen LogP contribution >= 0.6 is 0 Å². The molecule has 0 aliphatic carbocycles. The highest BCUT2D eigenvalue weighted by Gasteiger charge is 2.05. The molecule has 3 aromatic rings. The Morgan fingerprint density at radius 2 is 1.81 bits per heavy atom. The summed E-state index contributed by atoms with van der Waals surface area (Å²) in [6.45, 7) is 0.603. The topological polar surface area (TPSA) is 48.0 Å². The second-order valence-electron chi connectivity index (χ2n) is 5.01. The quantitative estimate of drug-likeness (QED) is 0.803. The van der Waals surface area contributed by atoms with Gasteiger partial charge in [0.05, 0.1) is 6.54 Å². The molecule has 1 aromatic heterocycles. The Morgan fingerprint density at radius 1 is 1.05 bits per heavy atom. The number of halogens is 1. The van der Waals surface area contributed by atoms with E-state index < -0.39 is 0 Å². The molecule has 0 amide bonds. The zero-order valence-electron chi connectivity index (χ0n) is 11.4. The number of rotatable bonds is 3. The fourth-order valence-electron chi connectivity index (χ4n) is 2.48. The van der Waals surface area contributed by atoms with Crippen molar-refractivity contribution in [3.63, 3.8) is 0 Å². The first-order valence-corrected chi connectivity index (χ1v) is 6.74. The molecule has 0 atom stereocenters. The number of hydrogen-bond acceptors (Lipinski definition) is 2. The van der Waals surface area contributed by atoms with Crippen LogP contribution in [0.1, 0.15) is 11.1 Å². The van der Waals surface area contributed by atoms with E-state index in [9.17, 15) is 9.18 Å². The van der Waals surface area contributed by atoms with E-state index >= 15 is 0 Å². The number of fused-ring (bicyclic) bond motifs is 1. The maximum absolute atomic E-state index is 13.5. The predicted molar refractivity (Wildman–Crippen MR) is 81.6 cm³/mol. The summed E-state index contributed by atoms with van der Waals surface area (Å²) in [6, 6.07) is 14.0. The summed E-state index contributed by atoms with van der Waals surface area (Å²) >= 11 is 0. The van der Waals surface area contributed by atoms with Gasteiger partial charge in [-0.25, -0.2) is 4.39 Å². The van der Waals surface area contributed by atoms with E-state index in [0.717, 1.165) is 16.5 Å². The van der Waals surface area contributed by atoms with Gasteiger partial charge in [-0.15, -0.1) is 0 Å². The highest BCUT2D eigenvalue weighted by Crippen LogP contribution is 2.12. The Morgan fingerprint density at radius 3 is 2.62 bits per heavy atom. The summed E-state index contributed by atoms with van der Waals surface area (Å²) < 4.78 is 15.1. The molecule has 21 heavy (non-hydrogen) atoms. The van der Waals surface area contributed by atoms with Crippen LogP contribution in [0.15, 0.2) is 59.5 Å². The van der Waals surface area contributed by atoms with Crippen LogP contribution in [-0.4, -0.2) is 4.57 Å². The van der Waals surface area contributed by atoms with E-state index in [1.807, 2.05) is 30.3 Å². The van der Waals surface area contributed by atoms with Gasteiger partial charge in [-0.2, -0.15) is 0 Å². The minimum atomic E-state index is -0.332. The first-order chi connectivity index (χ1) is 10.2. The molecular weight excluding hydrogens is 267 g/mol. The van der Waals surface area contributed by atoms with E-state index in [0.29, 0.717) is 11.9 Å². The molecule has 3 nitrogen and oxygen atoms in total. The van der Waals surface area contributed by atoms with Gasteiger partial charge in [0.25, 0.3) is 5.56 Å². The minimum absolute atomic E-state index is 0.0772. The van der Waals surface area contributed by atoms with Crippen molar-refractivity contribution in [2.45, 2.75) is 13.1 Å². The lowest BCUT2D eigenvalue weighted by molar-refractivity contribution is 0.620. The van der Waals surface area contributed by atoms with Crippen LogP contribution in [0.5, 0.6) is 0 Å². The molecule has 2 aromatic carbocycles. The van der Waals surface area contributed by atoms with Crippen molar-refractivity contribution in [3.8, 4) is 0 Å². The maximum atomic E-state index is 13.5. The highest BCUT2D eigenvalue weighted by molar-refractivity contribution is 5.81. The molecule has 2 N–H and O–H groups in total. The molecule has 1 heterocycles. The molecule has 106 valence electrons. The van der Waals surface area contributed by atoms with E-state index in [4.69, 9.17) is 5.73 Å². The normalized spacial score (nSPS) is 11.0. The van der Waals surface area contributed by atoms with Crippen molar-refractivity contribution < 1.29 is 4.39 Å². The third-order valence-corrected chi connectivity index (χ3v) is 3.49. The zero-order chi connectivity index (χ0) is 14.8. The smallest absolute Gasteiger partial charge is 0.258 e. The number of aromatic nitrogens is 1. The van der Waals surface area contributed by atoms with E-state index in [2.05, 4.69) is 0 Å². The van der Waals surface area contributed by atoms with Gasteiger partial charge in [-0.05, 0) is 40.8 Å². The Balaban J connectivity index is 2.04. The van der Waals surface area contributed by atoms with Crippen molar-refractivity contribution in [1.29, 1.82) is 0 Å². The summed E-state index contributed by atoms with van der Waals surface area (Å²) in [7, 11) is 0. The first-order valence-electron chi connectivity index (χ1n) is 6.74. The fraction of sp³-hybridized carbons (Fsp3) is 0.118. The van der Waals surface area contributed by atoms with E-state index in [1.54, 1.807) is 16.8 Å². The fourth-order valence-corrected chi connectivity index (χ4v) is 2.48. The molecule has 0 aliphatic rings. The summed E-state index contributed by atoms with van der Waals surface area (Å²) in [5.41, 5.74) is 6.92. The molecule has 0 unspecified atom stereocenters. The van der Waals surface area contributed by atoms with Gasteiger partial charge in [0.1, 0.15) is 5.82 Å². The average Bonchev–Trinajstić information content (AvgIpc) is 2.50. The Labute approximate surface area is 121 Å². The minimum Gasteiger partial charge on any atom is -0.326 e. The highest BCUT2D eigenvalue weighted by atomic mass is 19.1. The molecule has 0 aliphatic heterocycles. The maximum Gasteiger partial charge on any atom is 0.258 e. The van der Waals surface area contributed by atoms with Crippen LogP contribution in [0.2, 0.25) is 0 Å². The van der Waals surface area contributed by atoms with Crippen LogP contribution in [0.25, 0.3) is 10.8 Å². The van der Waals surface area contributed by atoms with Crippen molar-refractivity contribution >= 4 is 10.8 Å². The van der Waals surface area contributed by atoms with Gasteiger partial charge in [0.15, 0.2) is 0 Å². The first kappa shape index (κ1) is 13.5. The van der Waals surface area contributed by atoms with Crippen molar-refractivity contribution in [1.82, 2.24) is 4.57 Å². The Bertz CT molecular complexity index is 855. The van der Waals surface area contributed by atoms with Gasteiger partial charge in [-0.1, -0.05) is 24.3 Å². The number of hydrogen-bond donors (Lipinski definition) is 1. The average molecular weight is 282 g/mol. The molecule has 4 heteroatoms. The second kappa shape index (κ2) is 5.50. The predicted octanol–water partition coefficient (Wildman–Crippen LogP) is 2.65. The largest absolute Gasteiger partial charge is 0.326 e. The summed E-state index contributed by atoms with van der Waals surface area (Å²) in [5, 5.41) is 1.57. The molecule has 0 saturated carbocycles. The zero-order valence-corrected chi connectivity index (χ0v) is 11.4. The lowest BCUT2D eigenvalue weighted by Gasteiger charge is -2.09. The van der Waals surface area contributed by atoms with Crippen LogP contribution in [0.3, 0.4) is 0 Å². The van der Waals surface area contributed by atoms with Gasteiger partial charge in [0.2, 0.25) is 0 Å². The van der Waals surface area contributed by atoms with Gasteiger partial charge >= 0.3 is 0 Å². The van der Waals surface area contributed by atoms with E-state index in [-0.39, 0.29) is 17.9 Å². The summed E-state index contributed by atoms with van der Waals surface area (Å²) in [4.78, 5) is 12.4. The van der Waals surface area contributed by atoms with Gasteiger partial charge in [0, 0.05) is 18.1 Å². The van der Waals surface area contributed by atoms with Gasteiger partial charge in [-0.3, -0.25) is 4.79 Å². The lowest BCUT2D eigenvalue weighted by Crippen LogP contribution is -2.20. The van der Waals surface area contributed by atoms with E-state index in [1.165, 1.54) is 12.1 Å². The number of nitrogens with two attached hydrogens (primary N) is 1. The molecule has 0 fully saturated rings. The SMILES string of the molecule is NCc1cc(F)cc(Cn2ccc3ccccc3c2=O)c1. The lowest BCUT2D eigenvalue weighted by atomic mass is 10.1. The molecule has 0 bridgehead atoms. The molecule has 0 spiro atoms. The van der Waals surface area contributed by atoms with Crippen LogP contribution in [0, 0.1) is 5.82 Å². The summed E-state index contributed by atoms with van der Waals surface area (Å²) in [6.07, 6.45) is 1.73. The Hall–Kier alpha value is -2.46. The number of pyridine rings is 1. The van der Waals surface area contributed by atoms with Crippen LogP contribution in [-0.2, 0) is 13.1 Å². The van der Waals surface area contributed by atoms with Crippen molar-refractivity contribution in [2.24, 2.45) is 5.73 Å². The molecule has 0 saturated heterocycles. The standard InChI is InChI=1S/C17H15FN2O/c18-15-8-12(10-19)7-13(9-15)11-20-6-5-14-3-1-2-4-16(14)17(20)21/h1-9H,10-11,19H2. The Kier molecular flexibility index (Phi) is 3.54. The second-order valence-corrected chi connectivity index (χ2v) is 5.01. The molecular formula is C17H15FN2O. The number of benzene rings is 2. The molecule has 3 rings (SSSR count). The number of nitrogens with zero attached hydrogens (tertiary/aromatic N) is 1. The monoisotopic (exact) mass is 282 g/mol. The van der Waals surface area contributed by atoms with Crippen molar-refractivity contribution in [3.05, 3.63) is 82.0 Å². The summed E-state index contributed by atoms with van der Waals surface area (Å²) in [5.74, 6) is -0.332. The van der Waals surface area contributed by atoms with Crippen LogP contribution in [0.4, 0.5) is 4.39 Å². The third-order valence-electron chi connectivity index (χ3n) is 3.49. The third kappa shape index (κ3) is 2.71.